The Morgan fingerprint density at radius 3 is 2.50 bits per heavy atom. The van der Waals surface area contributed by atoms with Gasteiger partial charge >= 0.3 is 0 Å². The Morgan fingerprint density at radius 2 is 1.77 bits per heavy atom. The van der Waals surface area contributed by atoms with Crippen molar-refractivity contribution in [1.29, 1.82) is 0 Å². The zero-order valence-corrected chi connectivity index (χ0v) is 12.4. The van der Waals surface area contributed by atoms with E-state index in [2.05, 4.69) is 16.7 Å². The fourth-order valence-corrected chi connectivity index (χ4v) is 3.30. The van der Waals surface area contributed by atoms with E-state index in [0.29, 0.717) is 12.1 Å². The monoisotopic (exact) mass is 294 g/mol. The van der Waals surface area contributed by atoms with E-state index in [1.54, 1.807) is 6.07 Å². The average Bonchev–Trinajstić information content (AvgIpc) is 3.31. The second-order valence-corrected chi connectivity index (χ2v) is 6.08. The Balaban J connectivity index is 2.02. The summed E-state index contributed by atoms with van der Waals surface area (Å²) in [5.74, 6) is 0.557. The lowest BCUT2D eigenvalue weighted by molar-refractivity contribution is 0.618. The number of nitrogens with two attached hydrogens (primary N) is 1. The first kappa shape index (κ1) is 13.5. The SMILES string of the molecule is NCc1c(-c2ccccc2F)c2ccccc2n1CC1CC1. The van der Waals surface area contributed by atoms with Crippen LogP contribution < -0.4 is 5.73 Å². The highest BCUT2D eigenvalue weighted by molar-refractivity contribution is 5.98. The number of benzene rings is 2. The topological polar surface area (TPSA) is 30.9 Å². The molecule has 2 N–H and O–H groups in total. The second-order valence-electron chi connectivity index (χ2n) is 6.08. The highest BCUT2D eigenvalue weighted by Gasteiger charge is 2.26. The smallest absolute Gasteiger partial charge is 0.131 e. The molecule has 0 aliphatic heterocycles. The van der Waals surface area contributed by atoms with Gasteiger partial charge < -0.3 is 10.3 Å². The van der Waals surface area contributed by atoms with Crippen LogP contribution >= 0.6 is 0 Å². The summed E-state index contributed by atoms with van der Waals surface area (Å²) >= 11 is 0. The molecule has 22 heavy (non-hydrogen) atoms. The van der Waals surface area contributed by atoms with Crippen LogP contribution in [0.5, 0.6) is 0 Å². The first-order valence-corrected chi connectivity index (χ1v) is 7.84. The molecule has 1 aliphatic rings. The lowest BCUT2D eigenvalue weighted by Crippen LogP contribution is -2.09. The molecule has 1 aliphatic carbocycles. The largest absolute Gasteiger partial charge is 0.342 e. The third-order valence-electron chi connectivity index (χ3n) is 4.55. The maximum atomic E-state index is 14.4. The zero-order chi connectivity index (χ0) is 15.1. The molecule has 0 spiro atoms. The third-order valence-corrected chi connectivity index (χ3v) is 4.55. The van der Waals surface area contributed by atoms with E-state index in [9.17, 15) is 4.39 Å². The number of rotatable bonds is 4. The average molecular weight is 294 g/mol. The van der Waals surface area contributed by atoms with Gasteiger partial charge in [-0.05, 0) is 30.9 Å². The lowest BCUT2D eigenvalue weighted by atomic mass is 10.0. The van der Waals surface area contributed by atoms with Crippen molar-refractivity contribution in [1.82, 2.24) is 4.57 Å². The van der Waals surface area contributed by atoms with Crippen molar-refractivity contribution in [3.63, 3.8) is 0 Å². The predicted molar refractivity (Wildman–Crippen MR) is 87.9 cm³/mol. The number of para-hydroxylation sites is 1. The van der Waals surface area contributed by atoms with Crippen LogP contribution in [-0.2, 0) is 13.1 Å². The van der Waals surface area contributed by atoms with E-state index in [-0.39, 0.29) is 5.82 Å². The Bertz CT molecular complexity index is 831. The third kappa shape index (κ3) is 2.13. The minimum atomic E-state index is -0.188. The Labute approximate surface area is 129 Å². The highest BCUT2D eigenvalue weighted by atomic mass is 19.1. The van der Waals surface area contributed by atoms with Gasteiger partial charge in [-0.2, -0.15) is 0 Å². The quantitative estimate of drug-likeness (QED) is 0.763. The summed E-state index contributed by atoms with van der Waals surface area (Å²) in [5.41, 5.74) is 9.86. The van der Waals surface area contributed by atoms with Crippen molar-refractivity contribution < 1.29 is 4.39 Å². The van der Waals surface area contributed by atoms with Gasteiger partial charge in [-0.25, -0.2) is 4.39 Å². The van der Waals surface area contributed by atoms with Crippen molar-refractivity contribution in [2.24, 2.45) is 11.7 Å². The molecule has 1 heterocycles. The molecule has 0 unspecified atom stereocenters. The van der Waals surface area contributed by atoms with Crippen LogP contribution in [0.4, 0.5) is 4.39 Å². The fraction of sp³-hybridized carbons (Fsp3) is 0.263. The number of nitrogens with zero attached hydrogens (tertiary/aromatic N) is 1. The van der Waals surface area contributed by atoms with Gasteiger partial charge in [0, 0.05) is 40.8 Å². The molecule has 0 atom stereocenters. The minimum absolute atomic E-state index is 0.188. The molecular weight excluding hydrogens is 275 g/mol. The van der Waals surface area contributed by atoms with E-state index >= 15 is 0 Å². The Kier molecular flexibility index (Phi) is 3.23. The lowest BCUT2D eigenvalue weighted by Gasteiger charge is -2.10. The second kappa shape index (κ2) is 5.25. The molecule has 3 aromatic rings. The van der Waals surface area contributed by atoms with Crippen LogP contribution in [0.2, 0.25) is 0 Å². The van der Waals surface area contributed by atoms with Gasteiger partial charge in [-0.15, -0.1) is 0 Å². The number of fused-ring (bicyclic) bond motifs is 1. The fourth-order valence-electron chi connectivity index (χ4n) is 3.30. The molecule has 3 heteroatoms. The molecule has 0 amide bonds. The molecule has 0 radical (unpaired) electrons. The molecule has 1 saturated carbocycles. The zero-order valence-electron chi connectivity index (χ0n) is 12.4. The number of halogens is 1. The van der Waals surface area contributed by atoms with E-state index < -0.39 is 0 Å². The van der Waals surface area contributed by atoms with E-state index in [1.807, 2.05) is 24.3 Å². The maximum Gasteiger partial charge on any atom is 0.131 e. The molecule has 2 aromatic carbocycles. The Morgan fingerprint density at radius 1 is 1.05 bits per heavy atom. The number of hydrogen-bond donors (Lipinski definition) is 1. The van der Waals surface area contributed by atoms with Crippen LogP contribution in [0, 0.1) is 11.7 Å². The summed E-state index contributed by atoms with van der Waals surface area (Å²) in [6, 6.07) is 15.2. The molecule has 4 rings (SSSR count). The van der Waals surface area contributed by atoms with Gasteiger partial charge in [0.05, 0.1) is 0 Å². The van der Waals surface area contributed by atoms with Crippen molar-refractivity contribution >= 4 is 10.9 Å². The van der Waals surface area contributed by atoms with Crippen LogP contribution in [0.1, 0.15) is 18.5 Å². The van der Waals surface area contributed by atoms with E-state index in [0.717, 1.165) is 34.6 Å². The molecule has 1 aromatic heterocycles. The summed E-state index contributed by atoms with van der Waals surface area (Å²) in [6.07, 6.45) is 2.57. The van der Waals surface area contributed by atoms with Crippen LogP contribution in [0.15, 0.2) is 48.5 Å². The van der Waals surface area contributed by atoms with Crippen molar-refractivity contribution in [2.75, 3.05) is 0 Å². The van der Waals surface area contributed by atoms with E-state index in [4.69, 9.17) is 5.73 Å². The van der Waals surface area contributed by atoms with Gasteiger partial charge in [-0.1, -0.05) is 36.4 Å². The maximum absolute atomic E-state index is 14.4. The number of hydrogen-bond acceptors (Lipinski definition) is 1. The molecule has 0 saturated heterocycles. The summed E-state index contributed by atoms with van der Waals surface area (Å²) in [6.45, 7) is 1.41. The van der Waals surface area contributed by atoms with Crippen molar-refractivity contribution in [3.8, 4) is 11.1 Å². The van der Waals surface area contributed by atoms with Gasteiger partial charge in [0.1, 0.15) is 5.82 Å². The van der Waals surface area contributed by atoms with E-state index in [1.165, 1.54) is 18.9 Å². The van der Waals surface area contributed by atoms with Crippen LogP contribution in [0.3, 0.4) is 0 Å². The summed E-state index contributed by atoms with van der Waals surface area (Å²) < 4.78 is 16.7. The molecule has 112 valence electrons. The van der Waals surface area contributed by atoms with Crippen molar-refractivity contribution in [3.05, 3.63) is 60.0 Å². The minimum Gasteiger partial charge on any atom is -0.342 e. The van der Waals surface area contributed by atoms with Crippen molar-refractivity contribution in [2.45, 2.75) is 25.9 Å². The normalized spacial score (nSPS) is 14.6. The predicted octanol–water partition coefficient (Wildman–Crippen LogP) is 4.32. The first-order valence-electron chi connectivity index (χ1n) is 7.84. The van der Waals surface area contributed by atoms with Crippen LogP contribution in [0.25, 0.3) is 22.0 Å². The highest BCUT2D eigenvalue weighted by Crippen LogP contribution is 2.39. The van der Waals surface area contributed by atoms with Gasteiger partial charge in [0.2, 0.25) is 0 Å². The molecule has 2 nitrogen and oxygen atoms in total. The van der Waals surface area contributed by atoms with Gasteiger partial charge in [-0.3, -0.25) is 0 Å². The summed E-state index contributed by atoms with van der Waals surface area (Å²) in [7, 11) is 0. The summed E-state index contributed by atoms with van der Waals surface area (Å²) in [4.78, 5) is 0. The Hall–Kier alpha value is -2.13. The van der Waals surface area contributed by atoms with Crippen LogP contribution in [-0.4, -0.2) is 4.57 Å². The van der Waals surface area contributed by atoms with Gasteiger partial charge in [0.15, 0.2) is 0 Å². The number of aromatic nitrogens is 1. The summed E-state index contributed by atoms with van der Waals surface area (Å²) in [5, 5.41) is 1.09. The standard InChI is InChI=1S/C19H19FN2/c20-16-7-3-1-5-14(16)19-15-6-2-4-8-17(15)22(18(19)11-21)12-13-9-10-13/h1-8,13H,9-12,21H2. The molecule has 0 bridgehead atoms. The molecule has 1 fully saturated rings. The molecular formula is C19H19FN2. The first-order chi connectivity index (χ1) is 10.8. The van der Waals surface area contributed by atoms with Gasteiger partial charge in [0.25, 0.3) is 0 Å².